The van der Waals surface area contributed by atoms with Crippen molar-refractivity contribution < 1.29 is 14.7 Å². The second-order valence-corrected chi connectivity index (χ2v) is 3.57. The third-order valence-electron chi connectivity index (χ3n) is 2.35. The van der Waals surface area contributed by atoms with E-state index in [0.717, 1.165) is 16.8 Å². The van der Waals surface area contributed by atoms with Crippen LogP contribution in [-0.2, 0) is 9.59 Å². The molecule has 16 heavy (non-hydrogen) atoms. The first-order valence-electron chi connectivity index (χ1n) is 4.77. The topological polar surface area (TPSA) is 70.0 Å². The van der Waals surface area contributed by atoms with Crippen LogP contribution in [-0.4, -0.2) is 23.2 Å². The lowest BCUT2D eigenvalue weighted by Gasteiger charge is -2.12. The van der Waals surface area contributed by atoms with E-state index in [9.17, 15) is 9.59 Å². The SMILES string of the molecule is Cc1ccc(N2N=CC(C(=O)O)C2=O)cc1. The van der Waals surface area contributed by atoms with Crippen molar-refractivity contribution >= 4 is 23.8 Å². The molecule has 1 atom stereocenters. The Kier molecular flexibility index (Phi) is 2.44. The summed E-state index contributed by atoms with van der Waals surface area (Å²) in [5, 5.41) is 13.7. The lowest BCUT2D eigenvalue weighted by Crippen LogP contribution is -2.30. The Morgan fingerprint density at radius 2 is 2.00 bits per heavy atom. The summed E-state index contributed by atoms with van der Waals surface area (Å²) in [6.07, 6.45) is 1.14. The minimum atomic E-state index is -1.18. The molecule has 0 aliphatic carbocycles. The molecule has 1 heterocycles. The van der Waals surface area contributed by atoms with Gasteiger partial charge in [-0.1, -0.05) is 17.7 Å². The number of aryl methyl sites for hydroxylation is 1. The Bertz CT molecular complexity index is 465. The van der Waals surface area contributed by atoms with E-state index in [4.69, 9.17) is 5.11 Å². The molecule has 1 aliphatic rings. The highest BCUT2D eigenvalue weighted by Gasteiger charge is 2.34. The summed E-state index contributed by atoms with van der Waals surface area (Å²) in [4.78, 5) is 22.4. The number of carboxylic acids is 1. The van der Waals surface area contributed by atoms with Crippen LogP contribution >= 0.6 is 0 Å². The minimum Gasteiger partial charge on any atom is -0.480 e. The number of hydrogen-bond donors (Lipinski definition) is 1. The van der Waals surface area contributed by atoms with Crippen LogP contribution in [0, 0.1) is 12.8 Å². The van der Waals surface area contributed by atoms with Crippen molar-refractivity contribution in [2.45, 2.75) is 6.92 Å². The molecular formula is C11H10N2O3. The maximum atomic E-state index is 11.7. The molecule has 2 rings (SSSR count). The van der Waals surface area contributed by atoms with Crippen LogP contribution in [0.4, 0.5) is 5.69 Å². The summed E-state index contributed by atoms with van der Waals surface area (Å²) in [5.74, 6) is -2.87. The smallest absolute Gasteiger partial charge is 0.321 e. The standard InChI is InChI=1S/C11H10N2O3/c1-7-2-4-8(5-3-7)13-10(14)9(6-12-13)11(15)16/h2-6,9H,1H3,(H,15,16). The van der Waals surface area contributed by atoms with Crippen molar-refractivity contribution in [1.82, 2.24) is 0 Å². The van der Waals surface area contributed by atoms with Gasteiger partial charge in [-0.05, 0) is 19.1 Å². The van der Waals surface area contributed by atoms with E-state index in [2.05, 4.69) is 5.10 Å². The third-order valence-corrected chi connectivity index (χ3v) is 2.35. The molecule has 5 nitrogen and oxygen atoms in total. The average Bonchev–Trinajstić information content (AvgIpc) is 2.61. The fourth-order valence-electron chi connectivity index (χ4n) is 1.44. The molecular weight excluding hydrogens is 208 g/mol. The van der Waals surface area contributed by atoms with Gasteiger partial charge in [0, 0.05) is 6.21 Å². The summed E-state index contributed by atoms with van der Waals surface area (Å²) >= 11 is 0. The van der Waals surface area contributed by atoms with Crippen molar-refractivity contribution in [3.8, 4) is 0 Å². The first-order chi connectivity index (χ1) is 7.59. The number of hydrazone groups is 1. The van der Waals surface area contributed by atoms with Gasteiger partial charge in [-0.15, -0.1) is 0 Å². The summed E-state index contributed by atoms with van der Waals surface area (Å²) in [7, 11) is 0. The van der Waals surface area contributed by atoms with Gasteiger partial charge in [0.1, 0.15) is 0 Å². The number of amides is 1. The zero-order chi connectivity index (χ0) is 11.7. The average molecular weight is 218 g/mol. The zero-order valence-electron chi connectivity index (χ0n) is 8.62. The van der Waals surface area contributed by atoms with E-state index >= 15 is 0 Å². The van der Waals surface area contributed by atoms with E-state index in [0.29, 0.717) is 5.69 Å². The summed E-state index contributed by atoms with van der Waals surface area (Å²) in [5.41, 5.74) is 1.64. The van der Waals surface area contributed by atoms with Crippen molar-refractivity contribution in [2.75, 3.05) is 5.01 Å². The van der Waals surface area contributed by atoms with Crippen molar-refractivity contribution in [1.29, 1.82) is 0 Å². The number of rotatable bonds is 2. The molecule has 0 saturated heterocycles. The molecule has 1 aromatic rings. The van der Waals surface area contributed by atoms with Crippen LogP contribution in [0.5, 0.6) is 0 Å². The Hall–Kier alpha value is -2.17. The van der Waals surface area contributed by atoms with Gasteiger partial charge in [0.15, 0.2) is 5.92 Å². The van der Waals surface area contributed by atoms with Crippen LogP contribution < -0.4 is 5.01 Å². The fraction of sp³-hybridized carbons (Fsp3) is 0.182. The monoisotopic (exact) mass is 218 g/mol. The summed E-state index contributed by atoms with van der Waals surface area (Å²) < 4.78 is 0. The van der Waals surface area contributed by atoms with Gasteiger partial charge in [0.25, 0.3) is 5.91 Å². The van der Waals surface area contributed by atoms with Gasteiger partial charge in [-0.25, -0.2) is 0 Å². The molecule has 0 fully saturated rings. The van der Waals surface area contributed by atoms with E-state index < -0.39 is 17.8 Å². The normalized spacial score (nSPS) is 19.2. The molecule has 1 N–H and O–H groups in total. The molecule has 0 bridgehead atoms. The van der Waals surface area contributed by atoms with Crippen LogP contribution in [0.2, 0.25) is 0 Å². The Morgan fingerprint density at radius 3 is 2.50 bits per heavy atom. The molecule has 0 aromatic heterocycles. The highest BCUT2D eigenvalue weighted by molar-refractivity contribution is 6.19. The summed E-state index contributed by atoms with van der Waals surface area (Å²) in [6, 6.07) is 7.14. The van der Waals surface area contributed by atoms with Gasteiger partial charge in [-0.3, -0.25) is 9.59 Å². The number of benzene rings is 1. The van der Waals surface area contributed by atoms with E-state index in [1.807, 2.05) is 19.1 Å². The van der Waals surface area contributed by atoms with E-state index in [1.165, 1.54) is 0 Å². The van der Waals surface area contributed by atoms with Gasteiger partial charge >= 0.3 is 5.97 Å². The lowest BCUT2D eigenvalue weighted by atomic mass is 10.1. The number of hydrogen-bond acceptors (Lipinski definition) is 3. The number of carbonyl (C=O) groups excluding carboxylic acids is 1. The molecule has 1 aliphatic heterocycles. The maximum absolute atomic E-state index is 11.7. The van der Waals surface area contributed by atoms with Crippen molar-refractivity contribution in [3.05, 3.63) is 29.8 Å². The Morgan fingerprint density at radius 1 is 1.38 bits per heavy atom. The fourth-order valence-corrected chi connectivity index (χ4v) is 1.44. The predicted molar refractivity (Wildman–Crippen MR) is 58.3 cm³/mol. The molecule has 0 saturated carbocycles. The highest BCUT2D eigenvalue weighted by Crippen LogP contribution is 2.21. The van der Waals surface area contributed by atoms with E-state index in [1.54, 1.807) is 12.1 Å². The van der Waals surface area contributed by atoms with Crippen molar-refractivity contribution in [3.63, 3.8) is 0 Å². The van der Waals surface area contributed by atoms with E-state index in [-0.39, 0.29) is 0 Å². The third kappa shape index (κ3) is 1.67. The minimum absolute atomic E-state index is 0.531. The number of carboxylic acid groups (broad SMARTS) is 1. The molecule has 1 amide bonds. The zero-order valence-corrected chi connectivity index (χ0v) is 8.62. The second kappa shape index (κ2) is 3.77. The lowest BCUT2D eigenvalue weighted by molar-refractivity contribution is -0.142. The highest BCUT2D eigenvalue weighted by atomic mass is 16.4. The van der Waals surface area contributed by atoms with Crippen LogP contribution in [0.1, 0.15) is 5.56 Å². The first kappa shape index (κ1) is 10.4. The Labute approximate surface area is 92.0 Å². The number of carbonyl (C=O) groups is 2. The number of nitrogens with zero attached hydrogens (tertiary/aromatic N) is 2. The molecule has 82 valence electrons. The van der Waals surface area contributed by atoms with Crippen molar-refractivity contribution in [2.24, 2.45) is 11.0 Å². The summed E-state index contributed by atoms with van der Waals surface area (Å²) in [6.45, 7) is 1.93. The molecule has 1 unspecified atom stereocenters. The van der Waals surface area contributed by atoms with Gasteiger partial charge in [0.05, 0.1) is 5.69 Å². The van der Waals surface area contributed by atoms with Gasteiger partial charge < -0.3 is 5.11 Å². The number of anilines is 1. The molecule has 5 heteroatoms. The van der Waals surface area contributed by atoms with Gasteiger partial charge in [-0.2, -0.15) is 10.1 Å². The molecule has 1 aromatic carbocycles. The van der Waals surface area contributed by atoms with Crippen LogP contribution in [0.15, 0.2) is 29.4 Å². The van der Waals surface area contributed by atoms with Crippen LogP contribution in [0.3, 0.4) is 0 Å². The molecule has 0 spiro atoms. The van der Waals surface area contributed by atoms with Crippen LogP contribution in [0.25, 0.3) is 0 Å². The Balaban J connectivity index is 2.25. The van der Waals surface area contributed by atoms with Gasteiger partial charge in [0.2, 0.25) is 0 Å². The largest absolute Gasteiger partial charge is 0.480 e. The molecule has 0 radical (unpaired) electrons. The predicted octanol–water partition coefficient (Wildman–Crippen LogP) is 1.03. The first-order valence-corrected chi connectivity index (χ1v) is 4.77. The number of aliphatic carboxylic acids is 1. The second-order valence-electron chi connectivity index (χ2n) is 3.57. The quantitative estimate of drug-likeness (QED) is 0.753. The maximum Gasteiger partial charge on any atom is 0.321 e.